The SMILES string of the molecule is O=C(NCc1cccnc1)C1(Cc2ccc(-c3cccnc3)cc2)CCOCC1. The highest BCUT2D eigenvalue weighted by molar-refractivity contribution is 5.83. The van der Waals surface area contributed by atoms with Gasteiger partial charge >= 0.3 is 0 Å². The first-order chi connectivity index (χ1) is 14.3. The number of aromatic nitrogens is 2. The molecule has 0 unspecified atom stereocenters. The van der Waals surface area contributed by atoms with Crippen molar-refractivity contribution in [1.82, 2.24) is 15.3 Å². The Bertz CT molecular complexity index is 921. The predicted octanol–water partition coefficient (Wildman–Crippen LogP) is 3.80. The van der Waals surface area contributed by atoms with Crippen LogP contribution in [-0.4, -0.2) is 29.1 Å². The van der Waals surface area contributed by atoms with Crippen LogP contribution in [0.5, 0.6) is 0 Å². The van der Waals surface area contributed by atoms with Crippen LogP contribution in [-0.2, 0) is 22.5 Å². The third-order valence-electron chi connectivity index (χ3n) is 5.60. The van der Waals surface area contributed by atoms with E-state index in [4.69, 9.17) is 4.74 Å². The van der Waals surface area contributed by atoms with E-state index in [0.29, 0.717) is 26.2 Å². The van der Waals surface area contributed by atoms with Gasteiger partial charge in [0.05, 0.1) is 5.41 Å². The summed E-state index contributed by atoms with van der Waals surface area (Å²) in [4.78, 5) is 21.5. The first-order valence-corrected chi connectivity index (χ1v) is 9.99. The molecule has 0 bridgehead atoms. The Morgan fingerprint density at radius 1 is 0.897 bits per heavy atom. The Labute approximate surface area is 171 Å². The number of rotatable bonds is 6. The highest BCUT2D eigenvalue weighted by Gasteiger charge is 2.39. The number of hydrogen-bond donors (Lipinski definition) is 1. The average molecular weight is 387 g/mol. The minimum absolute atomic E-state index is 0.0981. The van der Waals surface area contributed by atoms with Gasteiger partial charge in [0.2, 0.25) is 5.91 Å². The summed E-state index contributed by atoms with van der Waals surface area (Å²) in [6.45, 7) is 1.73. The number of hydrogen-bond acceptors (Lipinski definition) is 4. The molecule has 5 nitrogen and oxygen atoms in total. The number of carbonyl (C=O) groups excluding carboxylic acids is 1. The third kappa shape index (κ3) is 4.69. The van der Waals surface area contributed by atoms with Crippen molar-refractivity contribution in [2.24, 2.45) is 5.41 Å². The maximum atomic E-state index is 13.2. The molecule has 1 N–H and O–H groups in total. The lowest BCUT2D eigenvalue weighted by Gasteiger charge is -2.36. The number of benzene rings is 1. The molecule has 0 spiro atoms. The second kappa shape index (κ2) is 8.97. The summed E-state index contributed by atoms with van der Waals surface area (Å²) in [5.41, 5.74) is 3.95. The van der Waals surface area contributed by atoms with Crippen LogP contribution < -0.4 is 5.32 Å². The summed E-state index contributed by atoms with van der Waals surface area (Å²) in [6.07, 6.45) is 9.33. The summed E-state index contributed by atoms with van der Waals surface area (Å²) in [7, 11) is 0. The van der Waals surface area contributed by atoms with E-state index in [1.165, 1.54) is 0 Å². The van der Waals surface area contributed by atoms with E-state index in [9.17, 15) is 4.79 Å². The van der Waals surface area contributed by atoms with E-state index < -0.39 is 5.41 Å². The van der Waals surface area contributed by atoms with Crippen LogP contribution in [0.4, 0.5) is 0 Å². The zero-order valence-electron chi connectivity index (χ0n) is 16.4. The highest BCUT2D eigenvalue weighted by Crippen LogP contribution is 2.35. The fraction of sp³-hybridized carbons (Fsp3) is 0.292. The zero-order chi connectivity index (χ0) is 19.9. The Morgan fingerprint density at radius 2 is 1.62 bits per heavy atom. The molecule has 4 rings (SSSR count). The minimum atomic E-state index is -0.434. The predicted molar refractivity (Wildman–Crippen MR) is 112 cm³/mol. The normalized spacial score (nSPS) is 15.6. The molecule has 1 amide bonds. The number of carbonyl (C=O) groups is 1. The van der Waals surface area contributed by atoms with E-state index in [-0.39, 0.29) is 5.91 Å². The minimum Gasteiger partial charge on any atom is -0.381 e. The van der Waals surface area contributed by atoms with Gasteiger partial charge in [-0.15, -0.1) is 0 Å². The second-order valence-corrected chi connectivity index (χ2v) is 7.55. The fourth-order valence-corrected chi connectivity index (χ4v) is 3.86. The van der Waals surface area contributed by atoms with E-state index in [1.807, 2.05) is 30.5 Å². The molecular weight excluding hydrogens is 362 g/mol. The molecule has 3 aromatic rings. The summed E-state index contributed by atoms with van der Waals surface area (Å²) in [5, 5.41) is 3.12. The van der Waals surface area contributed by atoms with Crippen molar-refractivity contribution in [3.8, 4) is 11.1 Å². The van der Waals surface area contributed by atoms with Gasteiger partial charge in [0, 0.05) is 44.5 Å². The van der Waals surface area contributed by atoms with Gasteiger partial charge in [-0.1, -0.05) is 36.4 Å². The van der Waals surface area contributed by atoms with Crippen molar-refractivity contribution in [1.29, 1.82) is 0 Å². The van der Waals surface area contributed by atoms with Crippen molar-refractivity contribution in [2.75, 3.05) is 13.2 Å². The number of nitrogens with one attached hydrogen (secondary N) is 1. The molecular formula is C24H25N3O2. The Balaban J connectivity index is 1.48. The smallest absolute Gasteiger partial charge is 0.226 e. The number of pyridine rings is 2. The summed E-state index contributed by atoms with van der Waals surface area (Å²) in [6, 6.07) is 16.3. The molecule has 1 aromatic carbocycles. The lowest BCUT2D eigenvalue weighted by molar-refractivity contribution is -0.136. The fourth-order valence-electron chi connectivity index (χ4n) is 3.86. The monoisotopic (exact) mass is 387 g/mol. The van der Waals surface area contributed by atoms with Crippen LogP contribution in [0.15, 0.2) is 73.3 Å². The lowest BCUT2D eigenvalue weighted by Crippen LogP contribution is -2.45. The molecule has 0 aliphatic carbocycles. The molecule has 1 aliphatic rings. The van der Waals surface area contributed by atoms with Crippen LogP contribution >= 0.6 is 0 Å². The van der Waals surface area contributed by atoms with Gasteiger partial charge in [0.15, 0.2) is 0 Å². The summed E-state index contributed by atoms with van der Waals surface area (Å²) in [5.74, 6) is 0.0981. The molecule has 3 heterocycles. The standard InChI is InChI=1S/C24H25N3O2/c28-23(27-17-20-3-1-11-25-16-20)24(9-13-29-14-10-24)15-19-5-7-21(8-6-19)22-4-2-12-26-18-22/h1-8,11-12,16,18H,9-10,13-15,17H2,(H,27,28). The molecule has 148 valence electrons. The van der Waals surface area contributed by atoms with Crippen LogP contribution in [0.3, 0.4) is 0 Å². The number of ether oxygens (including phenoxy) is 1. The van der Waals surface area contributed by atoms with E-state index in [1.54, 1.807) is 18.6 Å². The van der Waals surface area contributed by atoms with Crippen LogP contribution in [0.25, 0.3) is 11.1 Å². The largest absolute Gasteiger partial charge is 0.381 e. The van der Waals surface area contributed by atoms with E-state index in [0.717, 1.165) is 35.1 Å². The number of nitrogens with zero attached hydrogens (tertiary/aromatic N) is 2. The van der Waals surface area contributed by atoms with Gasteiger partial charge in [0.1, 0.15) is 0 Å². The van der Waals surface area contributed by atoms with E-state index >= 15 is 0 Å². The quantitative estimate of drug-likeness (QED) is 0.699. The van der Waals surface area contributed by atoms with Gasteiger partial charge in [-0.25, -0.2) is 0 Å². The first-order valence-electron chi connectivity index (χ1n) is 9.99. The molecule has 5 heteroatoms. The molecule has 0 saturated carbocycles. The van der Waals surface area contributed by atoms with Gasteiger partial charge in [-0.3, -0.25) is 14.8 Å². The lowest BCUT2D eigenvalue weighted by atomic mass is 9.74. The van der Waals surface area contributed by atoms with E-state index in [2.05, 4.69) is 39.6 Å². The van der Waals surface area contributed by atoms with Gasteiger partial charge in [0.25, 0.3) is 0 Å². The third-order valence-corrected chi connectivity index (χ3v) is 5.60. The molecule has 0 radical (unpaired) electrons. The molecule has 0 atom stereocenters. The molecule has 1 saturated heterocycles. The molecule has 2 aromatic heterocycles. The number of amides is 1. The summed E-state index contributed by atoms with van der Waals surface area (Å²) >= 11 is 0. The van der Waals surface area contributed by atoms with Crippen molar-refractivity contribution >= 4 is 5.91 Å². The Kier molecular flexibility index (Phi) is 5.96. The summed E-state index contributed by atoms with van der Waals surface area (Å²) < 4.78 is 5.56. The maximum Gasteiger partial charge on any atom is 0.226 e. The van der Waals surface area contributed by atoms with Crippen LogP contribution in [0.1, 0.15) is 24.0 Å². The van der Waals surface area contributed by atoms with Crippen molar-refractivity contribution in [2.45, 2.75) is 25.8 Å². The molecule has 29 heavy (non-hydrogen) atoms. The van der Waals surface area contributed by atoms with Gasteiger partial charge in [-0.05, 0) is 53.6 Å². The van der Waals surface area contributed by atoms with Crippen molar-refractivity contribution in [3.63, 3.8) is 0 Å². The highest BCUT2D eigenvalue weighted by atomic mass is 16.5. The second-order valence-electron chi connectivity index (χ2n) is 7.55. The topological polar surface area (TPSA) is 64.1 Å². The van der Waals surface area contributed by atoms with Gasteiger partial charge < -0.3 is 10.1 Å². The zero-order valence-corrected chi connectivity index (χ0v) is 16.4. The Hall–Kier alpha value is -3.05. The average Bonchev–Trinajstić information content (AvgIpc) is 2.80. The van der Waals surface area contributed by atoms with Crippen molar-refractivity contribution in [3.05, 3.63) is 84.4 Å². The first kappa shape index (κ1) is 19.3. The van der Waals surface area contributed by atoms with Gasteiger partial charge in [-0.2, -0.15) is 0 Å². The maximum absolute atomic E-state index is 13.2. The molecule has 1 fully saturated rings. The van der Waals surface area contributed by atoms with Crippen molar-refractivity contribution < 1.29 is 9.53 Å². The van der Waals surface area contributed by atoms with Crippen LogP contribution in [0.2, 0.25) is 0 Å². The Morgan fingerprint density at radius 3 is 2.28 bits per heavy atom. The van der Waals surface area contributed by atoms with Crippen LogP contribution in [0, 0.1) is 5.41 Å². The molecule has 1 aliphatic heterocycles.